The Hall–Kier alpha value is -2.63. The minimum Gasteiger partial charge on any atom is -0.497 e. The Morgan fingerprint density at radius 3 is 2.16 bits per heavy atom. The zero-order valence-corrected chi connectivity index (χ0v) is 24.4. The van der Waals surface area contributed by atoms with Gasteiger partial charge < -0.3 is 9.47 Å². The van der Waals surface area contributed by atoms with Crippen molar-refractivity contribution in [3.05, 3.63) is 81.0 Å². The maximum absolute atomic E-state index is 12.2. The molecule has 0 saturated carbocycles. The first-order valence-electron chi connectivity index (χ1n) is 14.0. The van der Waals surface area contributed by atoms with Crippen LogP contribution in [0.2, 0.25) is 0 Å². The minimum absolute atomic E-state index is 0.133. The Labute approximate surface area is 233 Å². The molecule has 4 nitrogen and oxygen atoms in total. The number of Topliss-reactive ketones (excluding diaryl/α,β-unsaturated/α-hetero) is 1. The highest BCUT2D eigenvalue weighted by Crippen LogP contribution is 2.42. The monoisotopic (exact) mass is 533 g/mol. The normalized spacial score (nSPS) is 15.4. The molecular weight excluding hydrogens is 490 g/mol. The molecule has 5 heteroatoms. The van der Waals surface area contributed by atoms with Crippen LogP contribution >= 0.6 is 11.3 Å². The summed E-state index contributed by atoms with van der Waals surface area (Å²) in [5.41, 5.74) is 3.70. The molecule has 0 bridgehead atoms. The van der Waals surface area contributed by atoms with Crippen LogP contribution in [0.1, 0.15) is 76.7 Å². The smallest absolute Gasteiger partial charge is 0.160 e. The van der Waals surface area contributed by atoms with Gasteiger partial charge in [0.1, 0.15) is 11.5 Å². The number of piperidine rings is 1. The Morgan fingerprint density at radius 2 is 1.55 bits per heavy atom. The number of carbonyl (C=O) groups excluding carboxylic acids is 1. The van der Waals surface area contributed by atoms with Crippen molar-refractivity contribution in [2.45, 2.75) is 71.8 Å². The maximum atomic E-state index is 12.2. The molecule has 1 aliphatic rings. The highest BCUT2D eigenvalue weighted by Gasteiger charge is 2.33. The molecule has 0 spiro atoms. The van der Waals surface area contributed by atoms with Gasteiger partial charge in [-0.3, -0.25) is 9.69 Å². The van der Waals surface area contributed by atoms with Gasteiger partial charge in [-0.1, -0.05) is 12.1 Å². The fourth-order valence-corrected chi connectivity index (χ4v) is 6.89. The maximum Gasteiger partial charge on any atom is 0.160 e. The van der Waals surface area contributed by atoms with Gasteiger partial charge in [0.2, 0.25) is 0 Å². The van der Waals surface area contributed by atoms with Crippen molar-refractivity contribution < 1.29 is 14.3 Å². The van der Waals surface area contributed by atoms with Gasteiger partial charge in [-0.2, -0.15) is 0 Å². The lowest BCUT2D eigenvalue weighted by Gasteiger charge is -2.42. The Morgan fingerprint density at radius 1 is 0.895 bits per heavy atom. The molecule has 1 fully saturated rings. The largest absolute Gasteiger partial charge is 0.497 e. The molecular formula is C33H43NO3S. The van der Waals surface area contributed by atoms with Crippen molar-refractivity contribution in [2.24, 2.45) is 5.41 Å². The van der Waals surface area contributed by atoms with Crippen molar-refractivity contribution in [2.75, 3.05) is 27.3 Å². The molecule has 0 amide bonds. The second-order valence-electron chi connectivity index (χ2n) is 10.9. The number of nitrogens with zero attached hydrogens (tertiary/aromatic N) is 1. The lowest BCUT2D eigenvalue weighted by molar-refractivity contribution is 0.0792. The summed E-state index contributed by atoms with van der Waals surface area (Å²) in [6, 6.07) is 18.9. The molecule has 2 heterocycles. The van der Waals surface area contributed by atoms with Crippen molar-refractivity contribution in [3.63, 3.8) is 0 Å². The van der Waals surface area contributed by atoms with E-state index >= 15 is 0 Å². The first kappa shape index (κ1) is 28.4. The van der Waals surface area contributed by atoms with E-state index < -0.39 is 0 Å². The van der Waals surface area contributed by atoms with Gasteiger partial charge in [0.15, 0.2) is 5.78 Å². The highest BCUT2D eigenvalue weighted by molar-refractivity contribution is 7.11. The van der Waals surface area contributed by atoms with Crippen LogP contribution in [0.25, 0.3) is 0 Å². The summed E-state index contributed by atoms with van der Waals surface area (Å²) in [4.78, 5) is 17.8. The highest BCUT2D eigenvalue weighted by atomic mass is 32.1. The number of ether oxygens (including phenoxy) is 2. The topological polar surface area (TPSA) is 38.8 Å². The Balaban J connectivity index is 1.39. The summed E-state index contributed by atoms with van der Waals surface area (Å²) >= 11 is 1.93. The molecule has 4 rings (SSSR count). The molecule has 0 radical (unpaired) electrons. The molecule has 2 aromatic carbocycles. The quantitative estimate of drug-likeness (QED) is 0.209. The van der Waals surface area contributed by atoms with Crippen molar-refractivity contribution in [3.8, 4) is 11.5 Å². The third-order valence-electron chi connectivity index (χ3n) is 8.27. The fraction of sp³-hybridized carbons (Fsp3) is 0.485. The molecule has 0 aliphatic carbocycles. The molecule has 0 atom stereocenters. The first-order chi connectivity index (χ1) is 18.4. The van der Waals surface area contributed by atoms with E-state index in [1.807, 2.05) is 23.5 Å². The van der Waals surface area contributed by atoms with Crippen molar-refractivity contribution in [1.29, 1.82) is 0 Å². The summed E-state index contributed by atoms with van der Waals surface area (Å²) in [6.07, 6.45) is 9.28. The molecule has 1 saturated heterocycles. The van der Waals surface area contributed by atoms with E-state index in [9.17, 15) is 4.79 Å². The van der Waals surface area contributed by atoms with Crippen LogP contribution in [0.15, 0.2) is 54.6 Å². The average molecular weight is 534 g/mol. The average Bonchev–Trinajstić information content (AvgIpc) is 3.34. The van der Waals surface area contributed by atoms with E-state index in [1.165, 1.54) is 47.4 Å². The minimum atomic E-state index is 0.133. The van der Waals surface area contributed by atoms with Crippen LogP contribution in [0, 0.1) is 12.3 Å². The predicted octanol–water partition coefficient (Wildman–Crippen LogP) is 7.90. The first-order valence-corrected chi connectivity index (χ1v) is 14.8. The van der Waals surface area contributed by atoms with Gasteiger partial charge in [-0.25, -0.2) is 0 Å². The summed E-state index contributed by atoms with van der Waals surface area (Å²) in [5, 5.41) is 0. The summed E-state index contributed by atoms with van der Waals surface area (Å²) in [6.45, 7) is 7.26. The van der Waals surface area contributed by atoms with E-state index in [1.54, 1.807) is 21.1 Å². The van der Waals surface area contributed by atoms with Gasteiger partial charge in [0.05, 0.1) is 14.2 Å². The SMILES string of the molecule is COc1ccc(CCCC2(CCCc3cc(OC)ccc3C(C)=O)CCN(Cc3ccc(C)s3)CC2)cc1. The van der Waals surface area contributed by atoms with E-state index in [0.717, 1.165) is 61.5 Å². The lowest BCUT2D eigenvalue weighted by Crippen LogP contribution is -2.39. The van der Waals surface area contributed by atoms with Gasteiger partial charge in [0, 0.05) is 21.9 Å². The Bertz CT molecular complexity index is 1180. The molecule has 204 valence electrons. The second-order valence-corrected chi connectivity index (χ2v) is 12.3. The zero-order chi connectivity index (χ0) is 27.0. The van der Waals surface area contributed by atoms with Crippen LogP contribution in [-0.4, -0.2) is 38.0 Å². The number of ketones is 1. The van der Waals surface area contributed by atoms with E-state index in [2.05, 4.69) is 54.3 Å². The van der Waals surface area contributed by atoms with E-state index in [-0.39, 0.29) is 5.78 Å². The fourth-order valence-electron chi connectivity index (χ4n) is 5.96. The zero-order valence-electron chi connectivity index (χ0n) is 23.6. The molecule has 0 N–H and O–H groups in total. The van der Waals surface area contributed by atoms with Crippen LogP contribution in [0.4, 0.5) is 0 Å². The lowest BCUT2D eigenvalue weighted by atomic mass is 9.70. The van der Waals surface area contributed by atoms with E-state index in [0.29, 0.717) is 5.41 Å². The number of carbonyl (C=O) groups is 1. The van der Waals surface area contributed by atoms with Crippen molar-refractivity contribution in [1.82, 2.24) is 4.90 Å². The predicted molar refractivity (Wildman–Crippen MR) is 158 cm³/mol. The molecule has 38 heavy (non-hydrogen) atoms. The molecule has 3 aromatic rings. The standard InChI is InChI=1S/C33H43NO3S/c1-25-9-15-31(38-25)24-34-21-19-33(20-22-34,17-5-7-27-10-12-29(36-3)13-11-27)18-6-8-28-23-30(37-4)14-16-32(28)26(2)35/h9-16,23H,5-8,17-22,24H2,1-4H3. The number of benzene rings is 2. The third-order valence-corrected chi connectivity index (χ3v) is 9.25. The van der Waals surface area contributed by atoms with Crippen molar-refractivity contribution >= 4 is 17.1 Å². The molecule has 0 unspecified atom stereocenters. The van der Waals surface area contributed by atoms with E-state index in [4.69, 9.17) is 9.47 Å². The Kier molecular flexibility index (Phi) is 10.0. The summed E-state index contributed by atoms with van der Waals surface area (Å²) < 4.78 is 10.8. The van der Waals surface area contributed by atoms with Crippen LogP contribution in [-0.2, 0) is 19.4 Å². The van der Waals surface area contributed by atoms with Gasteiger partial charge in [-0.15, -0.1) is 11.3 Å². The number of likely N-dealkylation sites (tertiary alicyclic amines) is 1. The number of methoxy groups -OCH3 is 2. The number of hydrogen-bond acceptors (Lipinski definition) is 5. The number of thiophene rings is 1. The number of hydrogen-bond donors (Lipinski definition) is 0. The van der Waals surface area contributed by atoms with Crippen LogP contribution < -0.4 is 9.47 Å². The van der Waals surface area contributed by atoms with Crippen LogP contribution in [0.5, 0.6) is 11.5 Å². The summed E-state index contributed by atoms with van der Waals surface area (Å²) in [5.74, 6) is 1.88. The number of aryl methyl sites for hydroxylation is 3. The van der Waals surface area contributed by atoms with Gasteiger partial charge in [-0.05, 0) is 137 Å². The number of rotatable bonds is 13. The third kappa shape index (κ3) is 7.70. The van der Waals surface area contributed by atoms with Gasteiger partial charge in [0.25, 0.3) is 0 Å². The van der Waals surface area contributed by atoms with Gasteiger partial charge >= 0.3 is 0 Å². The van der Waals surface area contributed by atoms with Crippen LogP contribution in [0.3, 0.4) is 0 Å². The summed E-state index contributed by atoms with van der Waals surface area (Å²) in [7, 11) is 3.41. The molecule has 1 aromatic heterocycles. The second kappa shape index (κ2) is 13.4. The molecule has 1 aliphatic heterocycles.